The van der Waals surface area contributed by atoms with E-state index in [9.17, 15) is 9.90 Å². The molecule has 0 unspecified atom stereocenters. The van der Waals surface area contributed by atoms with Crippen molar-refractivity contribution in [3.8, 4) is 0 Å². The molecule has 1 fully saturated rings. The summed E-state index contributed by atoms with van der Waals surface area (Å²) in [5.74, 6) is -0.718. The molecule has 1 aromatic rings. The Labute approximate surface area is 121 Å². The highest BCUT2D eigenvalue weighted by Crippen LogP contribution is 2.18. The summed E-state index contributed by atoms with van der Waals surface area (Å²) in [6.45, 7) is 9.11. The summed E-state index contributed by atoms with van der Waals surface area (Å²) in [5.41, 5.74) is 0.675. The topological polar surface area (TPSA) is 43.8 Å². The predicted octanol–water partition coefficient (Wildman–Crippen LogP) is 1.92. The fraction of sp³-hybridized carbons (Fsp3) is 0.562. The van der Waals surface area contributed by atoms with Crippen molar-refractivity contribution in [3.05, 3.63) is 35.9 Å². The van der Waals surface area contributed by atoms with Crippen LogP contribution in [0.4, 0.5) is 0 Å². The summed E-state index contributed by atoms with van der Waals surface area (Å²) in [6, 6.07) is 10.5. The van der Waals surface area contributed by atoms with Crippen molar-refractivity contribution in [2.45, 2.75) is 20.4 Å². The number of piperazine rings is 1. The van der Waals surface area contributed by atoms with Crippen LogP contribution in [0.5, 0.6) is 0 Å². The maximum absolute atomic E-state index is 11.2. The van der Waals surface area contributed by atoms with Gasteiger partial charge < -0.3 is 5.11 Å². The minimum absolute atomic E-state index is 0.626. The Kier molecular flexibility index (Phi) is 4.78. The molecule has 1 aromatic carbocycles. The molecule has 2 rings (SSSR count). The van der Waals surface area contributed by atoms with Crippen molar-refractivity contribution < 1.29 is 9.90 Å². The first-order chi connectivity index (χ1) is 9.47. The molecule has 110 valence electrons. The van der Waals surface area contributed by atoms with E-state index in [1.165, 1.54) is 5.56 Å². The van der Waals surface area contributed by atoms with E-state index in [-0.39, 0.29) is 0 Å². The smallest absolute Gasteiger partial charge is 0.310 e. The molecule has 1 heterocycles. The molecule has 1 N–H and O–H groups in total. The second kappa shape index (κ2) is 6.37. The zero-order valence-corrected chi connectivity index (χ0v) is 12.4. The largest absolute Gasteiger partial charge is 0.481 e. The number of aliphatic carboxylic acids is 1. The summed E-state index contributed by atoms with van der Waals surface area (Å²) in [4.78, 5) is 15.9. The maximum Gasteiger partial charge on any atom is 0.310 e. The molecule has 0 saturated carbocycles. The van der Waals surface area contributed by atoms with E-state index in [2.05, 4.69) is 34.1 Å². The third kappa shape index (κ3) is 4.05. The second-order valence-corrected chi connectivity index (χ2v) is 6.23. The fourth-order valence-electron chi connectivity index (χ4n) is 2.57. The van der Waals surface area contributed by atoms with Crippen molar-refractivity contribution in [1.29, 1.82) is 0 Å². The first-order valence-corrected chi connectivity index (χ1v) is 7.19. The SMILES string of the molecule is CC(C)(CN1CCN(Cc2ccccc2)CC1)C(=O)O. The molecular formula is C16H24N2O2. The number of benzene rings is 1. The molecule has 1 aliphatic rings. The van der Waals surface area contributed by atoms with Gasteiger partial charge in [0.25, 0.3) is 0 Å². The number of carboxylic acids is 1. The highest BCUT2D eigenvalue weighted by Gasteiger charge is 2.31. The van der Waals surface area contributed by atoms with Crippen LogP contribution in [-0.4, -0.2) is 53.6 Å². The zero-order valence-electron chi connectivity index (χ0n) is 12.4. The van der Waals surface area contributed by atoms with E-state index in [1.807, 2.05) is 6.07 Å². The zero-order chi connectivity index (χ0) is 14.6. The second-order valence-electron chi connectivity index (χ2n) is 6.23. The summed E-state index contributed by atoms with van der Waals surface area (Å²) < 4.78 is 0. The highest BCUT2D eigenvalue weighted by atomic mass is 16.4. The van der Waals surface area contributed by atoms with Crippen molar-refractivity contribution in [2.75, 3.05) is 32.7 Å². The Morgan fingerprint density at radius 3 is 2.20 bits per heavy atom. The minimum atomic E-state index is -0.718. The van der Waals surface area contributed by atoms with E-state index in [4.69, 9.17) is 0 Å². The van der Waals surface area contributed by atoms with Crippen LogP contribution in [0.25, 0.3) is 0 Å². The molecule has 0 aliphatic carbocycles. The quantitative estimate of drug-likeness (QED) is 0.892. The molecule has 4 nitrogen and oxygen atoms in total. The minimum Gasteiger partial charge on any atom is -0.481 e. The summed E-state index contributed by atoms with van der Waals surface area (Å²) >= 11 is 0. The van der Waals surface area contributed by atoms with Gasteiger partial charge in [-0.1, -0.05) is 30.3 Å². The van der Waals surface area contributed by atoms with Crippen molar-refractivity contribution in [2.24, 2.45) is 5.41 Å². The van der Waals surface area contributed by atoms with E-state index >= 15 is 0 Å². The molecule has 0 bridgehead atoms. The van der Waals surface area contributed by atoms with Crippen LogP contribution in [0.2, 0.25) is 0 Å². The van der Waals surface area contributed by atoms with Gasteiger partial charge in [-0.25, -0.2) is 0 Å². The average molecular weight is 276 g/mol. The lowest BCUT2D eigenvalue weighted by Gasteiger charge is -2.37. The van der Waals surface area contributed by atoms with Crippen LogP contribution >= 0.6 is 0 Å². The van der Waals surface area contributed by atoms with Crippen molar-refractivity contribution in [3.63, 3.8) is 0 Å². The van der Waals surface area contributed by atoms with E-state index in [0.29, 0.717) is 6.54 Å². The molecule has 20 heavy (non-hydrogen) atoms. The van der Waals surface area contributed by atoms with Gasteiger partial charge in [-0.05, 0) is 19.4 Å². The first-order valence-electron chi connectivity index (χ1n) is 7.19. The standard InChI is InChI=1S/C16H24N2O2/c1-16(2,15(19)20)13-18-10-8-17(9-11-18)12-14-6-4-3-5-7-14/h3-7H,8-13H2,1-2H3,(H,19,20). The van der Waals surface area contributed by atoms with Gasteiger partial charge in [0.05, 0.1) is 5.41 Å². The summed E-state index contributed by atoms with van der Waals surface area (Å²) in [5, 5.41) is 9.18. The van der Waals surface area contributed by atoms with Crippen LogP contribution < -0.4 is 0 Å². The normalized spacial score (nSPS) is 18.1. The van der Waals surface area contributed by atoms with Gasteiger partial charge in [0, 0.05) is 39.3 Å². The monoisotopic (exact) mass is 276 g/mol. The Bertz CT molecular complexity index is 437. The molecule has 0 aromatic heterocycles. The van der Waals surface area contributed by atoms with Gasteiger partial charge in [0.15, 0.2) is 0 Å². The average Bonchev–Trinajstić information content (AvgIpc) is 2.42. The Morgan fingerprint density at radius 1 is 1.10 bits per heavy atom. The lowest BCUT2D eigenvalue weighted by atomic mass is 9.93. The molecule has 0 spiro atoms. The van der Waals surface area contributed by atoms with Gasteiger partial charge >= 0.3 is 5.97 Å². The van der Waals surface area contributed by atoms with Gasteiger partial charge in [-0.2, -0.15) is 0 Å². The van der Waals surface area contributed by atoms with Crippen LogP contribution in [-0.2, 0) is 11.3 Å². The molecule has 1 aliphatic heterocycles. The Balaban J connectivity index is 1.79. The number of nitrogens with zero attached hydrogens (tertiary/aromatic N) is 2. The predicted molar refractivity (Wildman–Crippen MR) is 79.6 cm³/mol. The van der Waals surface area contributed by atoms with E-state index < -0.39 is 11.4 Å². The Morgan fingerprint density at radius 2 is 1.65 bits per heavy atom. The third-order valence-electron chi connectivity index (χ3n) is 3.91. The number of carbonyl (C=O) groups is 1. The van der Waals surface area contributed by atoms with Crippen LogP contribution in [0.15, 0.2) is 30.3 Å². The maximum atomic E-state index is 11.2. The van der Waals surface area contributed by atoms with Crippen molar-refractivity contribution in [1.82, 2.24) is 9.80 Å². The summed E-state index contributed by atoms with van der Waals surface area (Å²) in [7, 11) is 0. The van der Waals surface area contributed by atoms with Gasteiger partial charge in [-0.3, -0.25) is 14.6 Å². The van der Waals surface area contributed by atoms with Crippen LogP contribution in [0.3, 0.4) is 0 Å². The third-order valence-corrected chi connectivity index (χ3v) is 3.91. The van der Waals surface area contributed by atoms with Crippen LogP contribution in [0.1, 0.15) is 19.4 Å². The van der Waals surface area contributed by atoms with Crippen LogP contribution in [0, 0.1) is 5.41 Å². The molecule has 1 saturated heterocycles. The van der Waals surface area contributed by atoms with E-state index in [0.717, 1.165) is 32.7 Å². The first kappa shape index (κ1) is 15.0. The number of hydrogen-bond donors (Lipinski definition) is 1. The van der Waals surface area contributed by atoms with E-state index in [1.54, 1.807) is 13.8 Å². The van der Waals surface area contributed by atoms with Crippen molar-refractivity contribution >= 4 is 5.97 Å². The molecule has 0 atom stereocenters. The van der Waals surface area contributed by atoms with Gasteiger partial charge in [-0.15, -0.1) is 0 Å². The number of carboxylic acid groups (broad SMARTS) is 1. The molecular weight excluding hydrogens is 252 g/mol. The molecule has 0 radical (unpaired) electrons. The number of rotatable bonds is 5. The summed E-state index contributed by atoms with van der Waals surface area (Å²) in [6.07, 6.45) is 0. The molecule has 4 heteroatoms. The van der Waals surface area contributed by atoms with Gasteiger partial charge in [0.2, 0.25) is 0 Å². The lowest BCUT2D eigenvalue weighted by Crippen LogP contribution is -2.49. The number of hydrogen-bond acceptors (Lipinski definition) is 3. The van der Waals surface area contributed by atoms with Gasteiger partial charge in [0.1, 0.15) is 0 Å². The molecule has 0 amide bonds. The Hall–Kier alpha value is -1.39. The fourth-order valence-corrected chi connectivity index (χ4v) is 2.57. The lowest BCUT2D eigenvalue weighted by molar-refractivity contribution is -0.148. The highest BCUT2D eigenvalue weighted by molar-refractivity contribution is 5.73.